The number of amides is 7. The fourth-order valence-electron chi connectivity index (χ4n) is 10.5. The van der Waals surface area contributed by atoms with E-state index in [2.05, 4.69) is 32.7 Å². The summed E-state index contributed by atoms with van der Waals surface area (Å²) in [5.74, 6) is -3.96. The first-order chi connectivity index (χ1) is 36.5. The lowest BCUT2D eigenvalue weighted by Gasteiger charge is -2.42. The van der Waals surface area contributed by atoms with Crippen LogP contribution >= 0.6 is 0 Å². The second-order valence-electron chi connectivity index (χ2n) is 24.5. The van der Waals surface area contributed by atoms with Gasteiger partial charge in [0.25, 0.3) is 0 Å². The summed E-state index contributed by atoms with van der Waals surface area (Å²) in [6.07, 6.45) is 2.26. The molecule has 78 heavy (non-hydrogen) atoms. The summed E-state index contributed by atoms with van der Waals surface area (Å²) in [5, 5.41) is 15.0. The van der Waals surface area contributed by atoms with Crippen LogP contribution in [0.25, 0.3) is 0 Å². The van der Waals surface area contributed by atoms with Gasteiger partial charge in [-0.3, -0.25) is 33.7 Å². The molecule has 5 N–H and O–H groups in total. The van der Waals surface area contributed by atoms with Gasteiger partial charge in [0.15, 0.2) is 0 Å². The molecule has 3 aliphatic rings. The SMILES string of the molecule is CNC(C)C(=O)NC(C(=O)N1Cc2cc(C3CC(C(=O)NC(Cc4ccccc4)C(=O)OC)N(C(=O)C(NC(=O)C(C)N(C)C(=O)OC(C)(C)C)C(C)(C)C)C3)ccc2CC1C(=O)NC1CCCc2ccccc21)C(C)(C)C. The third kappa shape index (κ3) is 14.6. The van der Waals surface area contributed by atoms with Gasteiger partial charge in [-0.2, -0.15) is 0 Å². The topological polar surface area (TPSA) is 225 Å². The first-order valence-electron chi connectivity index (χ1n) is 27.3. The summed E-state index contributed by atoms with van der Waals surface area (Å²) < 4.78 is 10.7. The van der Waals surface area contributed by atoms with Crippen LogP contribution in [0, 0.1) is 10.8 Å². The van der Waals surface area contributed by atoms with E-state index in [4.69, 9.17) is 9.47 Å². The number of carbonyl (C=O) groups is 8. The van der Waals surface area contributed by atoms with E-state index in [1.165, 1.54) is 31.5 Å². The van der Waals surface area contributed by atoms with Crippen LogP contribution in [0.5, 0.6) is 0 Å². The highest BCUT2D eigenvalue weighted by molar-refractivity contribution is 5.96. The summed E-state index contributed by atoms with van der Waals surface area (Å²) in [6, 6.07) is 15.8. The van der Waals surface area contributed by atoms with Crippen LogP contribution in [0.1, 0.15) is 141 Å². The number of fused-ring (bicyclic) bond motifs is 2. The Morgan fingerprint density at radius 3 is 1.95 bits per heavy atom. The van der Waals surface area contributed by atoms with Crippen LogP contribution in [0.4, 0.5) is 4.79 Å². The Hall–Kier alpha value is -6.82. The second kappa shape index (κ2) is 24.9. The number of ether oxygens (including phenoxy) is 2. The van der Waals surface area contributed by atoms with E-state index in [0.29, 0.717) is 0 Å². The summed E-state index contributed by atoms with van der Waals surface area (Å²) in [4.78, 5) is 118. The number of benzene rings is 3. The summed E-state index contributed by atoms with van der Waals surface area (Å²) in [5.41, 5.74) is 2.89. The molecule has 0 saturated carbocycles. The molecule has 1 aliphatic carbocycles. The zero-order chi connectivity index (χ0) is 57.6. The molecule has 0 bridgehead atoms. The highest BCUT2D eigenvalue weighted by atomic mass is 16.6. The monoisotopic (exact) mass is 1080 g/mol. The molecular weight excluding hydrogens is 993 g/mol. The third-order valence-electron chi connectivity index (χ3n) is 15.3. The van der Waals surface area contributed by atoms with Crippen molar-refractivity contribution in [1.82, 2.24) is 41.3 Å². The Kier molecular flexibility index (Phi) is 19.3. The molecule has 18 heteroatoms. The zero-order valence-electron chi connectivity index (χ0n) is 48.2. The van der Waals surface area contributed by atoms with Gasteiger partial charge in [0.05, 0.1) is 19.2 Å². The number of aryl methyl sites for hydroxylation is 1. The molecule has 3 aromatic rings. The van der Waals surface area contributed by atoms with Crippen LogP contribution in [0.2, 0.25) is 0 Å². The van der Waals surface area contributed by atoms with Gasteiger partial charge in [-0.25, -0.2) is 9.59 Å². The van der Waals surface area contributed by atoms with Crippen molar-refractivity contribution in [3.63, 3.8) is 0 Å². The smallest absolute Gasteiger partial charge is 0.410 e. The van der Waals surface area contributed by atoms with Crippen molar-refractivity contribution >= 4 is 47.5 Å². The Morgan fingerprint density at radius 2 is 1.33 bits per heavy atom. The maximum Gasteiger partial charge on any atom is 0.410 e. The van der Waals surface area contributed by atoms with Gasteiger partial charge in [0.2, 0.25) is 35.4 Å². The van der Waals surface area contributed by atoms with Crippen molar-refractivity contribution in [3.05, 3.63) is 106 Å². The first kappa shape index (κ1) is 60.4. The molecule has 9 atom stereocenters. The Bertz CT molecular complexity index is 2690. The number of likely N-dealkylation sites (tertiary alicyclic amines) is 1. The van der Waals surface area contributed by atoms with E-state index in [1.54, 1.807) is 60.4 Å². The Labute approximate surface area is 460 Å². The summed E-state index contributed by atoms with van der Waals surface area (Å²) in [7, 11) is 4.35. The molecule has 1 saturated heterocycles. The van der Waals surface area contributed by atoms with E-state index in [1.807, 2.05) is 87.5 Å². The summed E-state index contributed by atoms with van der Waals surface area (Å²) >= 11 is 0. The van der Waals surface area contributed by atoms with Gasteiger partial charge in [-0.1, -0.05) is 114 Å². The van der Waals surface area contributed by atoms with E-state index >= 15 is 9.59 Å². The van der Waals surface area contributed by atoms with E-state index < -0.39 is 100 Å². The average molecular weight is 1080 g/mol. The second-order valence-corrected chi connectivity index (χ2v) is 24.5. The Morgan fingerprint density at radius 1 is 0.718 bits per heavy atom. The van der Waals surface area contributed by atoms with Crippen LogP contribution in [-0.4, -0.2) is 138 Å². The number of nitrogens with one attached hydrogen (secondary N) is 5. The van der Waals surface area contributed by atoms with Gasteiger partial charge in [0, 0.05) is 38.9 Å². The fraction of sp³-hybridized carbons (Fsp3) is 0.567. The van der Waals surface area contributed by atoms with Gasteiger partial charge >= 0.3 is 12.1 Å². The van der Waals surface area contributed by atoms with Gasteiger partial charge < -0.3 is 45.9 Å². The molecule has 424 valence electrons. The number of nitrogens with zero attached hydrogens (tertiary/aromatic N) is 3. The lowest BCUT2D eigenvalue weighted by atomic mass is 9.83. The molecule has 2 heterocycles. The predicted octanol–water partition coefficient (Wildman–Crippen LogP) is 5.64. The highest BCUT2D eigenvalue weighted by Crippen LogP contribution is 2.38. The number of esters is 1. The molecule has 2 aliphatic heterocycles. The van der Waals surface area contributed by atoms with Gasteiger partial charge in [-0.15, -0.1) is 0 Å². The van der Waals surface area contributed by atoms with Crippen molar-refractivity contribution in [1.29, 1.82) is 0 Å². The quantitative estimate of drug-likeness (QED) is 0.110. The van der Waals surface area contributed by atoms with E-state index in [-0.39, 0.29) is 50.2 Å². The van der Waals surface area contributed by atoms with Crippen molar-refractivity contribution in [2.24, 2.45) is 10.8 Å². The van der Waals surface area contributed by atoms with Crippen LogP contribution < -0.4 is 26.6 Å². The fourth-order valence-corrected chi connectivity index (χ4v) is 10.5. The number of methoxy groups -OCH3 is 1. The minimum atomic E-state index is -1.19. The maximum absolute atomic E-state index is 15.3. The number of rotatable bonds is 16. The average Bonchev–Trinajstić information content (AvgIpc) is 3.94. The Balaban J connectivity index is 1.37. The van der Waals surface area contributed by atoms with Crippen LogP contribution in [0.15, 0.2) is 72.8 Å². The molecule has 1 fully saturated rings. The molecule has 6 rings (SSSR count). The summed E-state index contributed by atoms with van der Waals surface area (Å²) in [6.45, 7) is 19.5. The number of hydrogen-bond acceptors (Lipinski definition) is 11. The normalized spacial score (nSPS) is 20.3. The minimum Gasteiger partial charge on any atom is -0.467 e. The molecule has 9 unspecified atom stereocenters. The maximum atomic E-state index is 15.3. The lowest BCUT2D eigenvalue weighted by Crippen LogP contribution is -2.62. The van der Waals surface area contributed by atoms with Crippen molar-refractivity contribution in [2.45, 2.75) is 181 Å². The highest BCUT2D eigenvalue weighted by Gasteiger charge is 2.48. The van der Waals surface area contributed by atoms with Gasteiger partial charge in [-0.05, 0) is 112 Å². The number of hydrogen-bond donors (Lipinski definition) is 5. The standard InChI is InChI=1S/C60H84N8O10/c1-35(61-12)50(69)64-48(58(3,4)5)54(73)67-33-41-30-39(27-28-40(41)31-46(67)52(71)62-44-26-20-24-38-23-18-19-25-43(38)44)42-32-47(53(72)63-45(56(75)77-14)29-37-21-16-15-17-22-37)68(34-42)55(74)49(59(6,7)8)65-51(70)36(2)66(13)57(76)78-60(9,10)11/h15-19,21-23,25,27-28,30,35-36,42,44-49,61H,20,24,26,29,31-34H2,1-14H3,(H,62,71)(H,63,72)(H,64,69)(H,65,70). The molecule has 0 aromatic heterocycles. The predicted molar refractivity (Wildman–Crippen MR) is 296 cm³/mol. The molecule has 0 radical (unpaired) electrons. The number of carbonyl (C=O) groups excluding carboxylic acids is 8. The van der Waals surface area contributed by atoms with Crippen molar-refractivity contribution < 1.29 is 47.8 Å². The van der Waals surface area contributed by atoms with Gasteiger partial charge in [0.1, 0.15) is 41.9 Å². The largest absolute Gasteiger partial charge is 0.467 e. The molecule has 7 amide bonds. The lowest BCUT2D eigenvalue weighted by molar-refractivity contribution is -0.147. The van der Waals surface area contributed by atoms with E-state index in [0.717, 1.165) is 52.0 Å². The number of likely N-dealkylation sites (N-methyl/N-ethyl adjacent to an activating group) is 2. The molecule has 0 spiro atoms. The molecular formula is C60H84N8O10. The van der Waals surface area contributed by atoms with Crippen LogP contribution in [0.3, 0.4) is 0 Å². The van der Waals surface area contributed by atoms with Crippen LogP contribution in [-0.2, 0) is 68.8 Å². The van der Waals surface area contributed by atoms with E-state index in [9.17, 15) is 28.8 Å². The zero-order valence-corrected chi connectivity index (χ0v) is 48.2. The minimum absolute atomic E-state index is 0.0268. The first-order valence-corrected chi connectivity index (χ1v) is 27.3. The van der Waals surface area contributed by atoms with Crippen molar-refractivity contribution in [3.8, 4) is 0 Å². The van der Waals surface area contributed by atoms with Crippen molar-refractivity contribution in [2.75, 3.05) is 27.7 Å². The third-order valence-corrected chi connectivity index (χ3v) is 15.3. The molecule has 3 aromatic carbocycles. The molecule has 18 nitrogen and oxygen atoms in total.